The molecule has 0 N–H and O–H groups in total. The summed E-state index contributed by atoms with van der Waals surface area (Å²) in [6, 6.07) is 14.8. The first-order valence-corrected chi connectivity index (χ1v) is 12.6. The Morgan fingerprint density at radius 2 is 1.82 bits per heavy atom. The molecule has 2 aliphatic rings. The minimum Gasteiger partial charge on any atom is -0.320 e. The van der Waals surface area contributed by atoms with Gasteiger partial charge in [-0.15, -0.1) is 0 Å². The second-order valence-electron chi connectivity index (χ2n) is 8.06. The van der Waals surface area contributed by atoms with Crippen LogP contribution in [0, 0.1) is 6.92 Å². The van der Waals surface area contributed by atoms with Gasteiger partial charge in [-0.05, 0) is 43.2 Å². The molecule has 0 radical (unpaired) electrons. The van der Waals surface area contributed by atoms with E-state index >= 15 is 0 Å². The molecule has 176 valence electrons. The second-order valence-corrected chi connectivity index (χ2v) is 9.12. The average Bonchev–Trinajstić information content (AvgIpc) is 3.45. The molecule has 34 heavy (non-hydrogen) atoms. The van der Waals surface area contributed by atoms with E-state index in [1.807, 2.05) is 49.6 Å². The Labute approximate surface area is 206 Å². The molecule has 2 aromatic heterocycles. The van der Waals surface area contributed by atoms with Crippen LogP contribution in [0.4, 0.5) is 0 Å². The second kappa shape index (κ2) is 10.8. The summed E-state index contributed by atoms with van der Waals surface area (Å²) in [6.07, 6.45) is 11.3. The van der Waals surface area contributed by atoms with Gasteiger partial charge >= 0.3 is 0 Å². The number of benzene rings is 1. The predicted octanol–water partition coefficient (Wildman–Crippen LogP) is 5.83. The Morgan fingerprint density at radius 3 is 2.44 bits per heavy atom. The van der Waals surface area contributed by atoms with Crippen LogP contribution in [0.15, 0.2) is 81.9 Å². The van der Waals surface area contributed by atoms with Crippen LogP contribution >= 0.6 is 11.8 Å². The molecule has 0 amide bonds. The van der Waals surface area contributed by atoms with E-state index in [9.17, 15) is 0 Å². The lowest BCUT2D eigenvalue weighted by molar-refractivity contribution is 0.00978. The first-order chi connectivity index (χ1) is 16.6. The molecular weight excluding hydrogens is 440 g/mol. The van der Waals surface area contributed by atoms with Crippen molar-refractivity contribution >= 4 is 23.5 Å². The van der Waals surface area contributed by atoms with Crippen molar-refractivity contribution in [1.82, 2.24) is 24.7 Å². The van der Waals surface area contributed by atoms with Crippen molar-refractivity contribution in [2.45, 2.75) is 43.2 Å². The van der Waals surface area contributed by atoms with E-state index in [1.165, 1.54) is 10.5 Å². The molecule has 1 aromatic carbocycles. The van der Waals surface area contributed by atoms with Crippen molar-refractivity contribution in [2.75, 3.05) is 13.6 Å². The summed E-state index contributed by atoms with van der Waals surface area (Å²) in [7, 11) is 4.13. The van der Waals surface area contributed by atoms with Crippen molar-refractivity contribution in [3.8, 4) is 11.5 Å². The van der Waals surface area contributed by atoms with Crippen molar-refractivity contribution in [3.63, 3.8) is 0 Å². The summed E-state index contributed by atoms with van der Waals surface area (Å²) in [5.74, 6) is 0.871. The number of nitrogens with zero attached hydrogens (tertiary/aromatic N) is 6. The molecule has 0 bridgehead atoms. The van der Waals surface area contributed by atoms with Gasteiger partial charge in [-0.2, -0.15) is 5.10 Å². The largest absolute Gasteiger partial charge is 0.320 e. The summed E-state index contributed by atoms with van der Waals surface area (Å²) < 4.78 is 2.15. The number of pyridine rings is 1. The quantitative estimate of drug-likeness (QED) is 0.468. The lowest BCUT2D eigenvalue weighted by atomic mass is 10.0. The van der Waals surface area contributed by atoms with Gasteiger partial charge < -0.3 is 4.57 Å². The van der Waals surface area contributed by atoms with Crippen LogP contribution < -0.4 is 0 Å². The Morgan fingerprint density at radius 1 is 1.03 bits per heavy atom. The van der Waals surface area contributed by atoms with Gasteiger partial charge in [0.15, 0.2) is 5.82 Å². The van der Waals surface area contributed by atoms with Crippen LogP contribution in [0.1, 0.15) is 31.5 Å². The van der Waals surface area contributed by atoms with Gasteiger partial charge in [0, 0.05) is 31.4 Å². The van der Waals surface area contributed by atoms with Crippen LogP contribution in [0.5, 0.6) is 0 Å². The van der Waals surface area contributed by atoms with Crippen molar-refractivity contribution in [1.29, 1.82) is 0 Å². The Hall–Kier alpha value is -3.16. The number of hydrazine groups is 1. The molecule has 0 fully saturated rings. The highest BCUT2D eigenvalue weighted by molar-refractivity contribution is 7.99. The summed E-state index contributed by atoms with van der Waals surface area (Å²) >= 11 is 1.74. The fourth-order valence-electron chi connectivity index (χ4n) is 3.94. The van der Waals surface area contributed by atoms with Gasteiger partial charge in [0.2, 0.25) is 0 Å². The lowest BCUT2D eigenvalue weighted by Gasteiger charge is -2.30. The molecule has 7 heteroatoms. The van der Waals surface area contributed by atoms with Gasteiger partial charge in [-0.25, -0.2) is 15.1 Å². The van der Waals surface area contributed by atoms with Crippen LogP contribution in [-0.2, 0) is 7.05 Å². The van der Waals surface area contributed by atoms with Crippen molar-refractivity contribution < 1.29 is 0 Å². The minimum atomic E-state index is 0.231. The molecule has 1 aliphatic heterocycles. The van der Waals surface area contributed by atoms with Gasteiger partial charge in [-0.3, -0.25) is 4.98 Å². The molecule has 1 aliphatic carbocycles. The standard InChI is InChI=1S/C25H26N6S.C2H6/c1-18-7-13-21(14-8-18)32-25-23(28-24(30(25)3)22-6-4-5-15-26-22)19-9-11-20(12-10-19)31-27-16-17-29(31)2;1-2/h4-11,13-16,20H,12,17H2,1-3H3;1-2H3. The van der Waals surface area contributed by atoms with E-state index in [4.69, 9.17) is 4.98 Å². The third-order valence-electron chi connectivity index (χ3n) is 5.72. The number of aryl methyl sites for hydroxylation is 1. The molecule has 6 nitrogen and oxygen atoms in total. The molecule has 3 aromatic rings. The average molecular weight is 473 g/mol. The molecular formula is C27H32N6S. The normalized spacial score (nSPS) is 17.5. The molecule has 1 atom stereocenters. The smallest absolute Gasteiger partial charge is 0.159 e. The molecule has 1 unspecified atom stereocenters. The Bertz CT molecular complexity index is 1190. The minimum absolute atomic E-state index is 0.231. The highest BCUT2D eigenvalue weighted by atomic mass is 32.2. The van der Waals surface area contributed by atoms with Crippen LogP contribution in [0.3, 0.4) is 0 Å². The van der Waals surface area contributed by atoms with Crippen LogP contribution in [0.2, 0.25) is 0 Å². The SMILES string of the molecule is CC.Cc1ccc(Sc2c(C3=CCC(N4N=CCN4C)C=C3)nc(-c3ccccn3)n2C)cc1. The zero-order valence-corrected chi connectivity index (χ0v) is 21.3. The first kappa shape index (κ1) is 24.0. The number of imidazole rings is 1. The highest BCUT2D eigenvalue weighted by Crippen LogP contribution is 2.38. The maximum Gasteiger partial charge on any atom is 0.159 e. The molecule has 5 rings (SSSR count). The molecule has 0 saturated carbocycles. The van der Waals surface area contributed by atoms with Gasteiger partial charge in [-0.1, -0.05) is 67.6 Å². The summed E-state index contributed by atoms with van der Waals surface area (Å²) in [5.41, 5.74) is 4.26. The van der Waals surface area contributed by atoms with E-state index < -0.39 is 0 Å². The van der Waals surface area contributed by atoms with E-state index in [1.54, 1.807) is 11.8 Å². The van der Waals surface area contributed by atoms with E-state index in [0.29, 0.717) is 0 Å². The summed E-state index contributed by atoms with van der Waals surface area (Å²) in [5, 5.41) is 9.79. The van der Waals surface area contributed by atoms with Gasteiger partial charge in [0.05, 0.1) is 12.6 Å². The zero-order valence-electron chi connectivity index (χ0n) is 20.5. The Kier molecular flexibility index (Phi) is 7.65. The van der Waals surface area contributed by atoms with E-state index in [0.717, 1.165) is 40.8 Å². The van der Waals surface area contributed by atoms with Gasteiger partial charge in [0.25, 0.3) is 0 Å². The predicted molar refractivity (Wildman–Crippen MR) is 142 cm³/mol. The topological polar surface area (TPSA) is 49.6 Å². The zero-order chi connectivity index (χ0) is 24.1. The number of hydrogen-bond donors (Lipinski definition) is 0. The number of hydrazone groups is 1. The Balaban J connectivity index is 0.00000133. The number of rotatable bonds is 5. The molecule has 3 heterocycles. The maximum atomic E-state index is 5.06. The number of hydrogen-bond acceptors (Lipinski definition) is 6. The van der Waals surface area contributed by atoms with Gasteiger partial charge in [0.1, 0.15) is 16.4 Å². The highest BCUT2D eigenvalue weighted by Gasteiger charge is 2.25. The summed E-state index contributed by atoms with van der Waals surface area (Å²) in [6.45, 7) is 6.96. The number of aromatic nitrogens is 3. The van der Waals surface area contributed by atoms with E-state index in [2.05, 4.69) is 83.2 Å². The lowest BCUT2D eigenvalue weighted by Crippen LogP contribution is -2.39. The van der Waals surface area contributed by atoms with Crippen LogP contribution in [0.25, 0.3) is 17.1 Å². The van der Waals surface area contributed by atoms with Crippen molar-refractivity contribution in [3.05, 3.63) is 78.1 Å². The maximum absolute atomic E-state index is 5.06. The molecule has 0 saturated heterocycles. The van der Waals surface area contributed by atoms with E-state index in [-0.39, 0.29) is 6.04 Å². The fraction of sp³-hybridized carbons (Fsp3) is 0.296. The third-order valence-corrected chi connectivity index (χ3v) is 6.88. The first-order valence-electron chi connectivity index (χ1n) is 11.7. The number of allylic oxidation sites excluding steroid dienone is 2. The summed E-state index contributed by atoms with van der Waals surface area (Å²) in [4.78, 5) is 10.8. The fourth-order valence-corrected chi connectivity index (χ4v) is 4.91. The monoisotopic (exact) mass is 472 g/mol. The molecule has 0 spiro atoms. The third kappa shape index (κ3) is 5.00. The van der Waals surface area contributed by atoms with Crippen LogP contribution in [-0.4, -0.2) is 50.5 Å². The van der Waals surface area contributed by atoms with Crippen molar-refractivity contribution in [2.24, 2.45) is 12.1 Å².